The van der Waals surface area contributed by atoms with E-state index in [0.717, 1.165) is 0 Å². The van der Waals surface area contributed by atoms with Crippen LogP contribution in [0.4, 0.5) is 8.78 Å². The van der Waals surface area contributed by atoms with E-state index in [9.17, 15) is 17.8 Å². The number of hydrogen-bond donors (Lipinski definition) is 0. The number of hydrogen-bond acceptors (Lipinski definition) is 3. The topological polar surface area (TPSA) is 43.4 Å². The second-order valence-electron chi connectivity index (χ2n) is 2.19. The van der Waals surface area contributed by atoms with Crippen molar-refractivity contribution >= 4 is 26.7 Å². The number of esters is 1. The average molecular weight is 221 g/mol. The van der Waals surface area contributed by atoms with Crippen molar-refractivity contribution in [1.82, 2.24) is 0 Å². The van der Waals surface area contributed by atoms with Gasteiger partial charge in [-0.2, -0.15) is 8.78 Å². The molecule has 3 nitrogen and oxygen atoms in total. The SMILES string of the molecule is CC(C)OC(=O)C(F)(F)S(=O)Cl. The highest BCUT2D eigenvalue weighted by Gasteiger charge is 2.47. The summed E-state index contributed by atoms with van der Waals surface area (Å²) < 4.78 is 39.0. The van der Waals surface area contributed by atoms with Gasteiger partial charge in [0.2, 0.25) is 0 Å². The molecule has 0 saturated heterocycles. The first kappa shape index (κ1) is 11.8. The van der Waals surface area contributed by atoms with E-state index in [1.165, 1.54) is 13.8 Å². The summed E-state index contributed by atoms with van der Waals surface area (Å²) in [7, 11) is 1.51. The van der Waals surface area contributed by atoms with Crippen LogP contribution in [-0.2, 0) is 19.5 Å². The lowest BCUT2D eigenvalue weighted by Crippen LogP contribution is -2.34. The molecular formula is C5H7ClF2O3S. The van der Waals surface area contributed by atoms with Gasteiger partial charge >= 0.3 is 11.2 Å². The van der Waals surface area contributed by atoms with Crippen molar-refractivity contribution in [2.75, 3.05) is 0 Å². The summed E-state index contributed by atoms with van der Waals surface area (Å²) in [5.41, 5.74) is 0. The van der Waals surface area contributed by atoms with Crippen molar-refractivity contribution in [3.05, 3.63) is 0 Å². The van der Waals surface area contributed by atoms with Crippen molar-refractivity contribution in [2.24, 2.45) is 0 Å². The Balaban J connectivity index is 4.36. The molecule has 0 fully saturated rings. The van der Waals surface area contributed by atoms with E-state index in [2.05, 4.69) is 15.4 Å². The van der Waals surface area contributed by atoms with Crippen molar-refractivity contribution in [3.8, 4) is 0 Å². The molecule has 0 bridgehead atoms. The van der Waals surface area contributed by atoms with Crippen LogP contribution in [0.3, 0.4) is 0 Å². The number of carbonyl (C=O) groups excluding carboxylic acids is 1. The van der Waals surface area contributed by atoms with Crippen LogP contribution < -0.4 is 0 Å². The van der Waals surface area contributed by atoms with Crippen molar-refractivity contribution in [1.29, 1.82) is 0 Å². The van der Waals surface area contributed by atoms with Gasteiger partial charge < -0.3 is 4.74 Å². The fraction of sp³-hybridized carbons (Fsp3) is 0.800. The fourth-order valence-corrected chi connectivity index (χ4v) is 0.716. The molecule has 12 heavy (non-hydrogen) atoms. The smallest absolute Gasteiger partial charge is 0.429 e. The summed E-state index contributed by atoms with van der Waals surface area (Å²) in [6.45, 7) is 2.79. The van der Waals surface area contributed by atoms with Crippen LogP contribution >= 0.6 is 10.7 Å². The number of alkyl halides is 2. The summed E-state index contributed by atoms with van der Waals surface area (Å²) in [5, 5.41) is -4.13. The van der Waals surface area contributed by atoms with E-state index in [1.807, 2.05) is 0 Å². The average Bonchev–Trinajstić information content (AvgIpc) is 1.85. The number of halogens is 3. The highest BCUT2D eigenvalue weighted by Crippen LogP contribution is 2.23. The predicted molar refractivity (Wildman–Crippen MR) is 40.2 cm³/mol. The van der Waals surface area contributed by atoms with Gasteiger partial charge in [-0.15, -0.1) is 0 Å². The molecular weight excluding hydrogens is 214 g/mol. The van der Waals surface area contributed by atoms with Crippen LogP contribution in [0.5, 0.6) is 0 Å². The van der Waals surface area contributed by atoms with Crippen LogP contribution in [0, 0.1) is 0 Å². The van der Waals surface area contributed by atoms with E-state index >= 15 is 0 Å². The van der Waals surface area contributed by atoms with Crippen LogP contribution in [0.2, 0.25) is 0 Å². The highest BCUT2D eigenvalue weighted by molar-refractivity contribution is 8.09. The van der Waals surface area contributed by atoms with Gasteiger partial charge in [0.25, 0.3) is 0 Å². The summed E-state index contributed by atoms with van der Waals surface area (Å²) in [4.78, 5) is 10.5. The monoisotopic (exact) mass is 220 g/mol. The Kier molecular flexibility index (Phi) is 4.05. The van der Waals surface area contributed by atoms with Gasteiger partial charge in [-0.05, 0) is 24.5 Å². The molecule has 0 aliphatic carbocycles. The molecule has 0 spiro atoms. The Labute approximate surface area is 75.0 Å². The van der Waals surface area contributed by atoms with Crippen LogP contribution in [0.15, 0.2) is 0 Å². The van der Waals surface area contributed by atoms with Gasteiger partial charge in [0.05, 0.1) is 6.10 Å². The minimum Gasteiger partial charge on any atom is -0.458 e. The molecule has 0 aromatic carbocycles. The van der Waals surface area contributed by atoms with Gasteiger partial charge in [-0.25, -0.2) is 9.00 Å². The zero-order chi connectivity index (χ0) is 9.94. The quantitative estimate of drug-likeness (QED) is 0.534. The van der Waals surface area contributed by atoms with Crippen molar-refractivity contribution in [2.45, 2.75) is 25.2 Å². The Bertz CT molecular complexity index is 207. The first-order valence-corrected chi connectivity index (χ1v) is 4.93. The summed E-state index contributed by atoms with van der Waals surface area (Å²) in [6.07, 6.45) is -0.691. The molecule has 0 aliphatic heterocycles. The second kappa shape index (κ2) is 4.13. The molecule has 0 aliphatic rings. The molecule has 0 amide bonds. The van der Waals surface area contributed by atoms with Crippen molar-refractivity contribution in [3.63, 3.8) is 0 Å². The van der Waals surface area contributed by atoms with E-state index in [1.54, 1.807) is 0 Å². The predicted octanol–water partition coefficient (Wildman–Crippen LogP) is 1.43. The molecule has 0 aromatic rings. The molecule has 0 radical (unpaired) electrons. The number of ether oxygens (including phenoxy) is 1. The molecule has 1 atom stereocenters. The van der Waals surface area contributed by atoms with E-state index in [4.69, 9.17) is 0 Å². The molecule has 72 valence electrons. The Hall–Kier alpha value is -0.230. The lowest BCUT2D eigenvalue weighted by atomic mass is 10.5. The minimum atomic E-state index is -4.13. The second-order valence-corrected chi connectivity index (χ2v) is 3.99. The highest BCUT2D eigenvalue weighted by atomic mass is 35.7. The molecule has 0 rings (SSSR count). The number of rotatable bonds is 3. The zero-order valence-electron chi connectivity index (χ0n) is 6.34. The molecule has 1 unspecified atom stereocenters. The van der Waals surface area contributed by atoms with E-state index < -0.39 is 27.3 Å². The summed E-state index contributed by atoms with van der Waals surface area (Å²) in [6, 6.07) is 0. The van der Waals surface area contributed by atoms with Crippen LogP contribution in [-0.4, -0.2) is 21.5 Å². The largest absolute Gasteiger partial charge is 0.458 e. The van der Waals surface area contributed by atoms with Gasteiger partial charge in [0.1, 0.15) is 0 Å². The maximum atomic E-state index is 12.4. The molecule has 7 heteroatoms. The third kappa shape index (κ3) is 3.02. The first-order chi connectivity index (χ1) is 5.28. The number of carbonyl (C=O) groups is 1. The normalized spacial score (nSPS) is 14.5. The third-order valence-corrected chi connectivity index (χ3v) is 1.93. The molecule has 0 saturated carbocycles. The van der Waals surface area contributed by atoms with Gasteiger partial charge in [-0.3, -0.25) is 0 Å². The van der Waals surface area contributed by atoms with Crippen molar-refractivity contribution < 1.29 is 22.5 Å². The first-order valence-electron chi connectivity index (χ1n) is 2.95. The van der Waals surface area contributed by atoms with Crippen LogP contribution in [0.25, 0.3) is 0 Å². The van der Waals surface area contributed by atoms with Gasteiger partial charge in [0.15, 0.2) is 10.0 Å². The maximum Gasteiger partial charge on any atom is 0.429 e. The Morgan fingerprint density at radius 2 is 2.00 bits per heavy atom. The Morgan fingerprint density at radius 1 is 1.58 bits per heavy atom. The van der Waals surface area contributed by atoms with E-state index in [-0.39, 0.29) is 0 Å². The third-order valence-electron chi connectivity index (χ3n) is 0.782. The molecule has 0 N–H and O–H groups in total. The summed E-state index contributed by atoms with van der Waals surface area (Å²) in [5.74, 6) is -1.87. The zero-order valence-corrected chi connectivity index (χ0v) is 7.92. The molecule has 0 heterocycles. The lowest BCUT2D eigenvalue weighted by molar-refractivity contribution is -0.164. The van der Waals surface area contributed by atoms with Crippen LogP contribution in [0.1, 0.15) is 13.8 Å². The Morgan fingerprint density at radius 3 is 2.25 bits per heavy atom. The minimum absolute atomic E-state index is 0.691. The standard InChI is InChI=1S/C5H7ClF2O3S/c1-3(2)11-4(9)5(7,8)12(6)10/h3H,1-2H3. The van der Waals surface area contributed by atoms with Gasteiger partial charge in [0, 0.05) is 0 Å². The van der Waals surface area contributed by atoms with E-state index in [0.29, 0.717) is 0 Å². The lowest BCUT2D eigenvalue weighted by Gasteiger charge is -2.12. The van der Waals surface area contributed by atoms with Gasteiger partial charge in [-0.1, -0.05) is 0 Å². The summed E-state index contributed by atoms with van der Waals surface area (Å²) >= 11 is 0. The molecule has 0 aromatic heterocycles. The maximum absolute atomic E-state index is 12.4. The fourth-order valence-electron chi connectivity index (χ4n) is 0.348.